The highest BCUT2D eigenvalue weighted by Crippen LogP contribution is 2.41. The third-order valence-corrected chi connectivity index (χ3v) is 8.20. The van der Waals surface area contributed by atoms with Gasteiger partial charge in [-0.25, -0.2) is 8.78 Å². The van der Waals surface area contributed by atoms with Gasteiger partial charge in [0.05, 0.1) is 16.7 Å². The minimum atomic E-state index is -0.976. The van der Waals surface area contributed by atoms with Crippen molar-refractivity contribution in [3.8, 4) is 11.1 Å². The fraction of sp³-hybridized carbons (Fsp3) is 0.333. The number of hydrogen-bond acceptors (Lipinski definition) is 4. The average molecular weight is 533 g/mol. The van der Waals surface area contributed by atoms with Crippen LogP contribution in [0.3, 0.4) is 0 Å². The minimum absolute atomic E-state index is 0.0668. The summed E-state index contributed by atoms with van der Waals surface area (Å²) in [5.74, 6) is -2.40. The molecule has 0 spiro atoms. The molecule has 1 aromatic heterocycles. The van der Waals surface area contributed by atoms with Gasteiger partial charge in [-0.15, -0.1) is 0 Å². The summed E-state index contributed by atoms with van der Waals surface area (Å²) < 4.78 is 28.7. The molecule has 9 heteroatoms. The normalized spacial score (nSPS) is 19.8. The van der Waals surface area contributed by atoms with Gasteiger partial charge in [0.2, 0.25) is 0 Å². The lowest BCUT2D eigenvalue weighted by Crippen LogP contribution is -2.46. The minimum Gasteiger partial charge on any atom is -0.390 e. The molecular formula is C30H30F2N4O3. The Kier molecular flexibility index (Phi) is 6.35. The Bertz CT molecular complexity index is 1500. The molecule has 3 aliphatic rings. The third-order valence-electron chi connectivity index (χ3n) is 8.20. The van der Waals surface area contributed by atoms with Crippen molar-refractivity contribution in [2.24, 2.45) is 0 Å². The molecular weight excluding hydrogens is 502 g/mol. The molecule has 0 saturated carbocycles. The molecule has 6 rings (SSSR count). The number of aliphatic hydroxyl groups is 1. The molecule has 3 aliphatic heterocycles. The number of likely N-dealkylation sites (tertiary alicyclic amines) is 1. The second-order valence-corrected chi connectivity index (χ2v) is 10.8. The number of rotatable bonds is 5. The van der Waals surface area contributed by atoms with Crippen LogP contribution < -0.4 is 5.32 Å². The third kappa shape index (κ3) is 4.66. The van der Waals surface area contributed by atoms with Crippen molar-refractivity contribution in [1.29, 1.82) is 0 Å². The zero-order valence-electron chi connectivity index (χ0n) is 21.7. The Morgan fingerprint density at radius 3 is 2.56 bits per heavy atom. The number of fused-ring (bicyclic) bond motifs is 2. The number of carbonyl (C=O) groups is 2. The van der Waals surface area contributed by atoms with Crippen LogP contribution in [0, 0.1) is 11.6 Å². The van der Waals surface area contributed by atoms with Crippen LogP contribution in [0.15, 0.2) is 42.5 Å². The maximum atomic E-state index is 14.7. The van der Waals surface area contributed by atoms with E-state index in [0.717, 1.165) is 24.8 Å². The summed E-state index contributed by atoms with van der Waals surface area (Å²) in [7, 11) is 2.04. The van der Waals surface area contributed by atoms with Crippen LogP contribution in [-0.4, -0.2) is 70.5 Å². The highest BCUT2D eigenvalue weighted by Gasteiger charge is 2.34. The number of H-pyrrole nitrogens is 1. The second kappa shape index (κ2) is 9.73. The highest BCUT2D eigenvalue weighted by atomic mass is 19.2. The molecule has 3 N–H and O–H groups in total. The lowest BCUT2D eigenvalue weighted by Gasteiger charge is -2.38. The van der Waals surface area contributed by atoms with E-state index >= 15 is 0 Å². The van der Waals surface area contributed by atoms with Crippen molar-refractivity contribution in [1.82, 2.24) is 14.8 Å². The molecule has 2 amide bonds. The average Bonchev–Trinajstić information content (AvgIpc) is 3.48. The van der Waals surface area contributed by atoms with Crippen LogP contribution in [0.2, 0.25) is 0 Å². The van der Waals surface area contributed by atoms with Crippen molar-refractivity contribution in [2.75, 3.05) is 38.5 Å². The second-order valence-electron chi connectivity index (χ2n) is 10.8. The Morgan fingerprint density at radius 1 is 1.03 bits per heavy atom. The maximum absolute atomic E-state index is 14.7. The molecule has 0 atom stereocenters. The van der Waals surface area contributed by atoms with Crippen LogP contribution in [0.25, 0.3) is 22.8 Å². The molecule has 0 bridgehead atoms. The molecule has 0 unspecified atom stereocenters. The van der Waals surface area contributed by atoms with Gasteiger partial charge < -0.3 is 25.2 Å². The predicted octanol–water partition coefficient (Wildman–Crippen LogP) is 4.30. The van der Waals surface area contributed by atoms with E-state index in [1.165, 1.54) is 12.1 Å². The van der Waals surface area contributed by atoms with Crippen molar-refractivity contribution in [3.63, 3.8) is 0 Å². The van der Waals surface area contributed by atoms with E-state index < -0.39 is 17.2 Å². The van der Waals surface area contributed by atoms with Crippen molar-refractivity contribution in [3.05, 3.63) is 76.6 Å². The molecule has 0 radical (unpaired) electrons. The van der Waals surface area contributed by atoms with Gasteiger partial charge >= 0.3 is 0 Å². The number of piperidine rings is 1. The lowest BCUT2D eigenvalue weighted by atomic mass is 9.88. The number of carbonyl (C=O) groups excluding carboxylic acids is 2. The smallest absolute Gasteiger partial charge is 0.256 e. The zero-order valence-corrected chi connectivity index (χ0v) is 21.7. The first-order chi connectivity index (χ1) is 18.7. The Balaban J connectivity index is 1.27. The largest absolute Gasteiger partial charge is 0.390 e. The van der Waals surface area contributed by atoms with E-state index in [1.54, 1.807) is 35.2 Å². The van der Waals surface area contributed by atoms with Gasteiger partial charge in [0.25, 0.3) is 11.8 Å². The van der Waals surface area contributed by atoms with Gasteiger partial charge in [0.15, 0.2) is 11.6 Å². The van der Waals surface area contributed by atoms with E-state index in [1.807, 2.05) is 7.05 Å². The first kappa shape index (κ1) is 25.5. The number of benzene rings is 2. The molecule has 3 aromatic rings. The molecule has 0 aliphatic carbocycles. The number of anilines is 1. The van der Waals surface area contributed by atoms with Crippen molar-refractivity contribution < 1.29 is 23.5 Å². The first-order valence-corrected chi connectivity index (χ1v) is 13.3. The fourth-order valence-electron chi connectivity index (χ4n) is 5.83. The number of nitrogens with zero attached hydrogens (tertiary/aromatic N) is 2. The van der Waals surface area contributed by atoms with Gasteiger partial charge in [0.1, 0.15) is 0 Å². The van der Waals surface area contributed by atoms with Gasteiger partial charge in [-0.2, -0.15) is 0 Å². The number of amides is 2. The fourth-order valence-corrected chi connectivity index (χ4v) is 5.83. The van der Waals surface area contributed by atoms with Crippen LogP contribution in [0.5, 0.6) is 0 Å². The summed E-state index contributed by atoms with van der Waals surface area (Å²) in [4.78, 5) is 33.5. The number of hydrogen-bond donors (Lipinski definition) is 3. The predicted molar refractivity (Wildman–Crippen MR) is 145 cm³/mol. The van der Waals surface area contributed by atoms with Crippen LogP contribution >= 0.6 is 0 Å². The Labute approximate surface area is 225 Å². The summed E-state index contributed by atoms with van der Waals surface area (Å²) in [6.45, 7) is 2.71. The van der Waals surface area contributed by atoms with Crippen molar-refractivity contribution in [2.45, 2.75) is 31.3 Å². The topological polar surface area (TPSA) is 88.7 Å². The van der Waals surface area contributed by atoms with Crippen LogP contribution in [-0.2, 0) is 11.2 Å². The number of nitrogens with one attached hydrogen (secondary N) is 2. The maximum Gasteiger partial charge on any atom is 0.256 e. The van der Waals surface area contributed by atoms with Crippen LogP contribution in [0.4, 0.5) is 14.5 Å². The Morgan fingerprint density at radius 2 is 1.77 bits per heavy atom. The summed E-state index contributed by atoms with van der Waals surface area (Å²) in [6.07, 6.45) is 4.22. The number of aromatic nitrogens is 1. The molecule has 39 heavy (non-hydrogen) atoms. The SMILES string of the molecule is CN1CCC(O)(CCN2CCc3[nH]c(C=C4C(=O)Nc5cccc(-c6cccc(F)c6F)c54)cc3C2=O)CC1. The van der Waals surface area contributed by atoms with Crippen LogP contribution in [0.1, 0.15) is 46.6 Å². The lowest BCUT2D eigenvalue weighted by molar-refractivity contribution is -0.110. The monoisotopic (exact) mass is 532 g/mol. The van der Waals surface area contributed by atoms with E-state index in [4.69, 9.17) is 0 Å². The van der Waals surface area contributed by atoms with Crippen molar-refractivity contribution >= 4 is 29.2 Å². The van der Waals surface area contributed by atoms with Gasteiger partial charge in [-0.05, 0) is 56.1 Å². The standard InChI is InChI=1S/C30H30F2N4O3/c1-35-13-9-30(39,10-14-35)11-15-36-12-8-24-21(29(36)38)16-18(33-24)17-22-26-19(4-3-7-25(26)34-28(22)37)20-5-2-6-23(31)27(20)32/h2-7,16-17,33,39H,8-15H2,1H3,(H,34,37). The quantitative estimate of drug-likeness (QED) is 0.428. The first-order valence-electron chi connectivity index (χ1n) is 13.3. The zero-order chi connectivity index (χ0) is 27.3. The molecule has 2 aromatic carbocycles. The summed E-state index contributed by atoms with van der Waals surface area (Å²) >= 11 is 0. The summed E-state index contributed by atoms with van der Waals surface area (Å²) in [5, 5.41) is 13.8. The summed E-state index contributed by atoms with van der Waals surface area (Å²) in [5.41, 5.74) is 2.94. The molecule has 1 saturated heterocycles. The molecule has 202 valence electrons. The van der Waals surface area contributed by atoms with E-state index in [2.05, 4.69) is 15.2 Å². The molecule has 4 heterocycles. The van der Waals surface area contributed by atoms with Gasteiger partial charge in [-0.3, -0.25) is 9.59 Å². The number of halogens is 2. The van der Waals surface area contributed by atoms with Gasteiger partial charge in [-0.1, -0.05) is 24.3 Å². The molecule has 7 nitrogen and oxygen atoms in total. The Hall–Kier alpha value is -3.82. The number of aromatic amines is 1. The van der Waals surface area contributed by atoms with E-state index in [9.17, 15) is 23.5 Å². The van der Waals surface area contributed by atoms with E-state index in [0.29, 0.717) is 72.4 Å². The van der Waals surface area contributed by atoms with Gasteiger partial charge in [0, 0.05) is 60.8 Å². The highest BCUT2D eigenvalue weighted by molar-refractivity contribution is 6.36. The molecule has 1 fully saturated rings. The summed E-state index contributed by atoms with van der Waals surface area (Å²) in [6, 6.07) is 10.8. The van der Waals surface area contributed by atoms with E-state index in [-0.39, 0.29) is 17.4 Å².